The van der Waals surface area contributed by atoms with Crippen LogP contribution in [0.2, 0.25) is 0 Å². The molecular formula is C105H123N27O12S2. The third kappa shape index (κ3) is 23.2. The lowest BCUT2D eigenvalue weighted by atomic mass is 10.0. The van der Waals surface area contributed by atoms with Crippen LogP contribution in [-0.2, 0) is 53.9 Å². The molecule has 146 heavy (non-hydrogen) atoms. The van der Waals surface area contributed by atoms with E-state index in [9.17, 15) is 21.6 Å². The molecule has 762 valence electrons. The van der Waals surface area contributed by atoms with Crippen molar-refractivity contribution in [2.45, 2.75) is 193 Å². The summed E-state index contributed by atoms with van der Waals surface area (Å²) in [4.78, 5) is 92.3. The minimum atomic E-state index is -3.49. The molecule has 0 radical (unpaired) electrons. The van der Waals surface area contributed by atoms with Crippen LogP contribution in [0.25, 0.3) is 44.3 Å². The van der Waals surface area contributed by atoms with Crippen LogP contribution < -0.4 is 48.2 Å². The van der Waals surface area contributed by atoms with E-state index < -0.39 is 25.3 Å². The summed E-state index contributed by atoms with van der Waals surface area (Å²) < 4.78 is 94.4. The molecule has 39 nitrogen and oxygen atoms in total. The summed E-state index contributed by atoms with van der Waals surface area (Å²) in [5, 5.41) is 16.5. The van der Waals surface area contributed by atoms with Gasteiger partial charge in [-0.1, -0.05) is 18.2 Å². The minimum absolute atomic E-state index is 0.0252. The van der Waals surface area contributed by atoms with Crippen molar-refractivity contribution in [1.82, 2.24) is 93.7 Å². The van der Waals surface area contributed by atoms with Gasteiger partial charge in [-0.25, -0.2) is 76.6 Å². The normalized spacial score (nSPS) is 18.7. The number of aromatic amines is 2. The molecule has 13 aromatic rings. The number of fused-ring (bicyclic) bond motifs is 9. The van der Waals surface area contributed by atoms with Gasteiger partial charge < -0.3 is 62.6 Å². The molecule has 12 aromatic heterocycles. The zero-order chi connectivity index (χ0) is 102. The summed E-state index contributed by atoms with van der Waals surface area (Å²) in [6.45, 7) is 34.5. The van der Waals surface area contributed by atoms with Crippen LogP contribution in [0.5, 0.6) is 29.4 Å². The van der Waals surface area contributed by atoms with Gasteiger partial charge in [0.2, 0.25) is 55.4 Å². The Morgan fingerprint density at radius 1 is 0.370 bits per heavy atom. The lowest BCUT2D eigenvalue weighted by molar-refractivity contribution is -0.129. The van der Waals surface area contributed by atoms with E-state index in [2.05, 4.69) is 111 Å². The maximum absolute atomic E-state index is 12.9. The first-order valence-electron chi connectivity index (χ1n) is 50.0. The van der Waals surface area contributed by atoms with Gasteiger partial charge in [-0.3, -0.25) is 30.0 Å². The molecule has 23 rings (SSSR count). The van der Waals surface area contributed by atoms with Gasteiger partial charge in [0.25, 0.3) is 0 Å². The van der Waals surface area contributed by atoms with Gasteiger partial charge in [-0.15, -0.1) is 0 Å². The highest BCUT2D eigenvalue weighted by molar-refractivity contribution is 7.89. The standard InChI is InChI=1S/C24H26N6O3S.C21H28N6O3S.C21H24N4O2.C20H23N5O2.C19H22N6O2/c1-17(2)33-23-15-20-21(16-26-23)27-28-24(20)18-8-9-25-22(14-18)29-10-12-30(13-11-29)34(31,32)19-6-4-3-5-7-19;1-14(2)30-20-12-17-18(13-23-20)24-25-21(17)16-5-6-22-19(11-16)26-7-9-27(10-8-26)31(28,29)15(3)4;1-13(2)26-20-8-18-15(9-23-20)10-24-21(18)14-5-6-22-19(7-14)25-11-16-3-4-17(12-25)27-16;1-12(2)26-19-5-16-13(7-21-19)8-22-20(16)17-6-18(24-11-23-17)25-9-14-3-4-15(10-25)27-14;1-12(2)27-17-6-14-13(8-20-17)9-21-19(14)15-7-16(23-11-22-15)25-5-4-24(3)18(26)10-25/h3-9,14-17H,10-13H2,1-2H3,(H,27,28);5-6,11-15H,7-10H2,1-4H3,(H,24,25);5-9,13,16-17H,3-4,10-12H2,1-2H3;5-7,11-12,14-15H,3-4,8-10H2,1-2H3;6-8,11-12H,4-5,9-10H2,1-3H3. The van der Waals surface area contributed by atoms with Crippen LogP contribution in [0.4, 0.5) is 29.1 Å². The third-order valence-corrected chi connectivity index (χ3v) is 30.5. The molecule has 4 bridgehead atoms. The van der Waals surface area contributed by atoms with Crippen LogP contribution in [0.15, 0.2) is 191 Å². The number of hydrogen-bond donors (Lipinski definition) is 2. The molecule has 0 aliphatic carbocycles. The van der Waals surface area contributed by atoms with Crippen LogP contribution in [0.3, 0.4) is 0 Å². The molecule has 1 amide bonds. The number of rotatable bonds is 24. The fourth-order valence-corrected chi connectivity index (χ4v) is 21.8. The summed E-state index contributed by atoms with van der Waals surface area (Å²) >= 11 is 0. The Hall–Kier alpha value is -14.3. The van der Waals surface area contributed by atoms with Gasteiger partial charge in [0.05, 0.1) is 143 Å². The van der Waals surface area contributed by atoms with Crippen molar-refractivity contribution in [3.05, 3.63) is 222 Å². The highest BCUT2D eigenvalue weighted by Gasteiger charge is 2.39. The number of hydrogen-bond acceptors (Lipinski definition) is 34. The molecular weight excluding hydrogens is 1900 g/mol. The number of carbonyl (C=O) groups is 1. The number of aliphatic imine (C=N–C) groups is 3. The Bertz CT molecular complexity index is 7050. The zero-order valence-electron chi connectivity index (χ0n) is 84.4. The SMILES string of the molecule is CC(C)Oc1cc2c(-c3ccnc(N4CCN(S(=O)(=O)C(C)C)CC4)c3)n[nH]c2cn1.CC(C)Oc1cc2c(-c3ccnc(N4CCN(S(=O)(=O)c5ccccc5)CC4)c3)n[nH]c2cn1.CC(C)Oc1cc2c(cn1)CN=C2c1cc(N2CC3CCC(C2)O3)ncn1.CC(C)Oc1cc2c(cn1)CN=C2c1cc(N2CCN(C)C(=O)C2)ncn1.CC(C)Oc1cc2c(cn1)CN=C2c1ccnc(N2CC3CCC(C2)O3)c1. The number of amides is 1. The van der Waals surface area contributed by atoms with Gasteiger partial charge in [0.1, 0.15) is 53.1 Å². The maximum Gasteiger partial charge on any atom is 0.243 e. The number of piperazine rings is 3. The predicted octanol–water partition coefficient (Wildman–Crippen LogP) is 12.6. The molecule has 41 heteroatoms. The highest BCUT2D eigenvalue weighted by atomic mass is 32.2. The minimum Gasteiger partial charge on any atom is -0.475 e. The number of anilines is 5. The second-order valence-electron chi connectivity index (χ2n) is 39.0. The number of pyridine rings is 8. The Balaban J connectivity index is 0.000000115. The van der Waals surface area contributed by atoms with Crippen molar-refractivity contribution in [2.75, 3.05) is 130 Å². The topological polar surface area (TPSA) is 425 Å². The van der Waals surface area contributed by atoms with Gasteiger partial charge in [-0.05, 0) is 157 Å². The molecule has 22 heterocycles. The van der Waals surface area contributed by atoms with E-state index in [1.165, 1.54) is 10.6 Å². The Labute approximate surface area is 849 Å². The molecule has 10 aliphatic heterocycles. The average molecular weight is 2020 g/mol. The number of carbonyl (C=O) groups excluding carboxylic acids is 1. The largest absolute Gasteiger partial charge is 0.475 e. The second kappa shape index (κ2) is 44.0. The van der Waals surface area contributed by atoms with E-state index in [0.717, 1.165) is 199 Å². The first-order valence-corrected chi connectivity index (χ1v) is 52.9. The molecule has 10 aliphatic rings. The molecule has 7 saturated heterocycles. The second-order valence-corrected chi connectivity index (χ2v) is 43.5. The molecule has 1 aromatic carbocycles. The summed E-state index contributed by atoms with van der Waals surface area (Å²) in [6, 6.07) is 34.2. The number of aromatic nitrogens is 16. The van der Waals surface area contributed by atoms with Crippen molar-refractivity contribution >= 4 is 94.0 Å². The maximum atomic E-state index is 12.9. The van der Waals surface area contributed by atoms with Crippen LogP contribution >= 0.6 is 0 Å². The number of nitrogens with one attached hydrogen (secondary N) is 2. The quantitative estimate of drug-likeness (QED) is 0.0567. The molecule has 2 N–H and O–H groups in total. The Kier molecular flexibility index (Phi) is 30.2. The molecule has 0 saturated carbocycles. The zero-order valence-corrected chi connectivity index (χ0v) is 86.0. The summed E-state index contributed by atoms with van der Waals surface area (Å²) in [5.41, 5.74) is 16.9. The van der Waals surface area contributed by atoms with E-state index in [0.29, 0.717) is 144 Å². The van der Waals surface area contributed by atoms with E-state index in [-0.39, 0.29) is 36.4 Å². The first-order chi connectivity index (χ1) is 70.5. The first kappa shape index (κ1) is 100. The number of benzene rings is 1. The lowest BCUT2D eigenvalue weighted by Gasteiger charge is -2.35. The monoisotopic (exact) mass is 2020 g/mol. The molecule has 7 fully saturated rings. The number of likely N-dealkylation sites (N-methyl/N-ethyl adjacent to an activating group) is 1. The molecule has 0 spiro atoms. The van der Waals surface area contributed by atoms with Crippen molar-refractivity contribution in [3.63, 3.8) is 0 Å². The van der Waals surface area contributed by atoms with E-state index in [1.807, 2.05) is 185 Å². The molecule has 4 atom stereocenters. The van der Waals surface area contributed by atoms with E-state index in [4.69, 9.17) is 43.1 Å². The fraction of sp³-hybridized carbons (Fsp3) is 0.429. The van der Waals surface area contributed by atoms with Crippen molar-refractivity contribution in [3.8, 4) is 51.9 Å². The van der Waals surface area contributed by atoms with E-state index in [1.54, 1.807) is 78.4 Å². The van der Waals surface area contributed by atoms with Crippen LogP contribution in [0.1, 0.15) is 159 Å². The van der Waals surface area contributed by atoms with Crippen molar-refractivity contribution < 1.29 is 54.8 Å². The number of sulfonamides is 2. The van der Waals surface area contributed by atoms with Crippen molar-refractivity contribution in [1.29, 1.82) is 0 Å². The number of morpholine rings is 2. The smallest absolute Gasteiger partial charge is 0.243 e. The number of nitrogens with zero attached hydrogens (tertiary/aromatic N) is 25. The Morgan fingerprint density at radius 3 is 1.15 bits per heavy atom. The average Bonchev–Trinajstić information content (AvgIpc) is 1.61. The van der Waals surface area contributed by atoms with Crippen LogP contribution in [-0.4, -0.2) is 299 Å². The fourth-order valence-electron chi connectivity index (χ4n) is 19.1. The van der Waals surface area contributed by atoms with Gasteiger partial charge in [-0.2, -0.15) is 18.8 Å². The summed E-state index contributed by atoms with van der Waals surface area (Å²) in [7, 11) is -4.91. The Morgan fingerprint density at radius 2 is 0.733 bits per heavy atom. The van der Waals surface area contributed by atoms with Crippen LogP contribution in [0, 0.1) is 0 Å². The third-order valence-electron chi connectivity index (χ3n) is 26.3. The van der Waals surface area contributed by atoms with Gasteiger partial charge >= 0.3 is 0 Å². The van der Waals surface area contributed by atoms with Crippen molar-refractivity contribution in [2.24, 2.45) is 15.0 Å². The number of ether oxygens (including phenoxy) is 7. The lowest BCUT2D eigenvalue weighted by Crippen LogP contribution is -2.50. The summed E-state index contributed by atoms with van der Waals surface area (Å²) in [5.74, 6) is 7.35. The van der Waals surface area contributed by atoms with Gasteiger partial charge in [0.15, 0.2) is 0 Å². The predicted molar refractivity (Wildman–Crippen MR) is 557 cm³/mol. The van der Waals surface area contributed by atoms with Gasteiger partial charge in [0, 0.05) is 239 Å². The molecule has 4 unspecified atom stereocenters. The summed E-state index contributed by atoms with van der Waals surface area (Å²) in [6.07, 6.45) is 23.8. The van der Waals surface area contributed by atoms with E-state index >= 15 is 0 Å². The number of H-pyrrole nitrogens is 2. The highest BCUT2D eigenvalue weighted by Crippen LogP contribution is 2.39.